The van der Waals surface area contributed by atoms with Gasteiger partial charge in [-0.25, -0.2) is 19.3 Å². The zero-order valence-corrected chi connectivity index (χ0v) is 24.7. The van der Waals surface area contributed by atoms with Gasteiger partial charge in [-0.2, -0.15) is 5.10 Å². The third-order valence-corrected chi connectivity index (χ3v) is 9.19. The Hall–Kier alpha value is -3.72. The SMILES string of the molecule is CCc1cc(CCC2(C3CCCC3)CC(O)=C(Cc3nc4cc(C)cc(C)n4n3)C(=O)O2)ccc1Oc1nccs1. The number of fused-ring (bicyclic) bond motifs is 1. The van der Waals surface area contributed by atoms with Gasteiger partial charge in [0.2, 0.25) is 0 Å². The Morgan fingerprint density at radius 1 is 1.20 bits per heavy atom. The second-order valence-corrected chi connectivity index (χ2v) is 12.2. The summed E-state index contributed by atoms with van der Waals surface area (Å²) in [4.78, 5) is 22.4. The van der Waals surface area contributed by atoms with Crippen LogP contribution >= 0.6 is 11.3 Å². The van der Waals surface area contributed by atoms with E-state index in [4.69, 9.17) is 9.47 Å². The van der Waals surface area contributed by atoms with Gasteiger partial charge in [0.25, 0.3) is 5.19 Å². The van der Waals surface area contributed by atoms with Crippen molar-refractivity contribution in [1.82, 2.24) is 19.6 Å². The lowest BCUT2D eigenvalue weighted by atomic mass is 9.76. The van der Waals surface area contributed by atoms with Crippen LogP contribution in [0.2, 0.25) is 0 Å². The zero-order valence-electron chi connectivity index (χ0n) is 23.9. The molecule has 0 spiro atoms. The van der Waals surface area contributed by atoms with Crippen molar-refractivity contribution in [2.75, 3.05) is 0 Å². The summed E-state index contributed by atoms with van der Waals surface area (Å²) in [6, 6.07) is 10.3. The van der Waals surface area contributed by atoms with Crippen LogP contribution < -0.4 is 4.74 Å². The fourth-order valence-electron chi connectivity index (χ4n) is 6.45. The molecule has 9 heteroatoms. The number of carbonyl (C=O) groups excluding carboxylic acids is 1. The van der Waals surface area contributed by atoms with Gasteiger partial charge in [0.15, 0.2) is 11.5 Å². The molecule has 0 amide bonds. The maximum absolute atomic E-state index is 13.5. The third kappa shape index (κ3) is 5.60. The number of thiazole rings is 1. The van der Waals surface area contributed by atoms with Crippen LogP contribution in [0.15, 0.2) is 53.2 Å². The minimum absolute atomic E-state index is 0.112. The Bertz CT molecular complexity index is 1600. The molecule has 1 fully saturated rings. The summed E-state index contributed by atoms with van der Waals surface area (Å²) in [5.74, 6) is 1.21. The molecule has 4 aromatic rings. The van der Waals surface area contributed by atoms with Crippen molar-refractivity contribution < 1.29 is 19.4 Å². The van der Waals surface area contributed by atoms with E-state index in [-0.39, 0.29) is 23.7 Å². The highest BCUT2D eigenvalue weighted by Crippen LogP contribution is 2.46. The molecule has 1 atom stereocenters. The Kier molecular flexibility index (Phi) is 7.55. The number of esters is 1. The van der Waals surface area contributed by atoms with Crippen LogP contribution in [0.3, 0.4) is 0 Å². The van der Waals surface area contributed by atoms with Crippen molar-refractivity contribution in [3.8, 4) is 10.9 Å². The number of cyclic esters (lactones) is 1. The average Bonchev–Trinajstić information content (AvgIpc) is 3.73. The van der Waals surface area contributed by atoms with Crippen molar-refractivity contribution >= 4 is 23.0 Å². The molecule has 1 aliphatic carbocycles. The molecule has 1 aromatic carbocycles. The molecule has 8 nitrogen and oxygen atoms in total. The molecule has 6 rings (SSSR count). The summed E-state index contributed by atoms with van der Waals surface area (Å²) < 4.78 is 14.1. The van der Waals surface area contributed by atoms with E-state index in [0.29, 0.717) is 23.9 Å². The first kappa shape index (κ1) is 27.4. The third-order valence-electron chi connectivity index (χ3n) is 8.54. The van der Waals surface area contributed by atoms with Crippen LogP contribution in [0, 0.1) is 19.8 Å². The molecule has 214 valence electrons. The highest BCUT2D eigenvalue weighted by Gasteiger charge is 2.48. The van der Waals surface area contributed by atoms with Crippen molar-refractivity contribution in [3.63, 3.8) is 0 Å². The van der Waals surface area contributed by atoms with Crippen molar-refractivity contribution in [2.24, 2.45) is 5.92 Å². The minimum atomic E-state index is -0.719. The van der Waals surface area contributed by atoms with Gasteiger partial charge in [-0.05, 0) is 86.8 Å². The van der Waals surface area contributed by atoms with Gasteiger partial charge in [-0.3, -0.25) is 0 Å². The van der Waals surface area contributed by atoms with E-state index in [1.54, 1.807) is 10.7 Å². The van der Waals surface area contributed by atoms with Crippen LogP contribution in [0.25, 0.3) is 5.65 Å². The molecular formula is C32H36N4O4S. The molecule has 3 aromatic heterocycles. The molecule has 1 N–H and O–H groups in total. The van der Waals surface area contributed by atoms with Crippen LogP contribution in [-0.2, 0) is 28.8 Å². The summed E-state index contributed by atoms with van der Waals surface area (Å²) >= 11 is 1.47. The number of nitrogens with zero attached hydrogens (tertiary/aromatic N) is 4. The molecule has 0 radical (unpaired) electrons. The normalized spacial score (nSPS) is 19.7. The summed E-state index contributed by atoms with van der Waals surface area (Å²) in [5.41, 5.74) is 4.63. The number of hydrogen-bond acceptors (Lipinski definition) is 8. The van der Waals surface area contributed by atoms with E-state index in [1.165, 1.54) is 11.3 Å². The quantitative estimate of drug-likeness (QED) is 0.215. The molecule has 2 aliphatic rings. The van der Waals surface area contributed by atoms with Crippen LogP contribution in [0.1, 0.15) is 73.7 Å². The topological polar surface area (TPSA) is 98.8 Å². The summed E-state index contributed by atoms with van der Waals surface area (Å²) in [6.45, 7) is 6.11. The molecular weight excluding hydrogens is 536 g/mol. The first-order valence-electron chi connectivity index (χ1n) is 14.5. The van der Waals surface area contributed by atoms with E-state index < -0.39 is 11.6 Å². The van der Waals surface area contributed by atoms with Crippen LogP contribution in [0.4, 0.5) is 0 Å². The summed E-state index contributed by atoms with van der Waals surface area (Å²) in [7, 11) is 0. The fraction of sp³-hybridized carbons (Fsp3) is 0.438. The first-order chi connectivity index (χ1) is 19.8. The number of benzene rings is 1. The number of hydrogen-bond donors (Lipinski definition) is 1. The maximum Gasteiger partial charge on any atom is 0.338 e. The van der Waals surface area contributed by atoms with Crippen molar-refractivity contribution in [3.05, 3.63) is 81.4 Å². The number of aliphatic hydroxyl groups is 1. The van der Waals surface area contributed by atoms with Gasteiger partial charge in [0.1, 0.15) is 17.1 Å². The number of aliphatic hydroxyl groups excluding tert-OH is 1. The largest absolute Gasteiger partial charge is 0.512 e. The molecule has 1 unspecified atom stereocenters. The Morgan fingerprint density at radius 3 is 2.76 bits per heavy atom. The van der Waals surface area contributed by atoms with Gasteiger partial charge >= 0.3 is 5.97 Å². The number of carbonyl (C=O) groups is 1. The second-order valence-electron chi connectivity index (χ2n) is 11.4. The second kappa shape index (κ2) is 11.3. The number of aromatic nitrogens is 4. The summed E-state index contributed by atoms with van der Waals surface area (Å²) in [5, 5.41) is 18.4. The molecule has 1 saturated carbocycles. The van der Waals surface area contributed by atoms with Crippen LogP contribution in [0.5, 0.6) is 10.9 Å². The van der Waals surface area contributed by atoms with E-state index >= 15 is 0 Å². The molecule has 1 aliphatic heterocycles. The van der Waals surface area contributed by atoms with Gasteiger partial charge in [-0.15, -0.1) is 0 Å². The Balaban J connectivity index is 1.23. The lowest BCUT2D eigenvalue weighted by Gasteiger charge is -2.41. The van der Waals surface area contributed by atoms with E-state index in [2.05, 4.69) is 34.1 Å². The van der Waals surface area contributed by atoms with Gasteiger partial charge in [-0.1, -0.05) is 43.2 Å². The lowest BCUT2D eigenvalue weighted by Crippen LogP contribution is -2.46. The van der Waals surface area contributed by atoms with Gasteiger partial charge in [0.05, 0.1) is 5.57 Å². The number of aryl methyl sites for hydroxylation is 4. The van der Waals surface area contributed by atoms with Gasteiger partial charge < -0.3 is 14.6 Å². The Morgan fingerprint density at radius 2 is 2.02 bits per heavy atom. The van der Waals surface area contributed by atoms with E-state index in [9.17, 15) is 9.90 Å². The predicted octanol–water partition coefficient (Wildman–Crippen LogP) is 7.02. The molecule has 0 bridgehead atoms. The monoisotopic (exact) mass is 572 g/mol. The molecule has 0 saturated heterocycles. The fourth-order valence-corrected chi connectivity index (χ4v) is 6.95. The number of pyridine rings is 1. The molecule has 4 heterocycles. The highest BCUT2D eigenvalue weighted by atomic mass is 32.1. The minimum Gasteiger partial charge on any atom is -0.512 e. The highest BCUT2D eigenvalue weighted by molar-refractivity contribution is 7.11. The number of ether oxygens (including phenoxy) is 2. The number of rotatable bonds is 9. The lowest BCUT2D eigenvalue weighted by molar-refractivity contribution is -0.167. The average molecular weight is 573 g/mol. The van der Waals surface area contributed by atoms with E-state index in [1.807, 2.05) is 37.4 Å². The van der Waals surface area contributed by atoms with Crippen LogP contribution in [-0.4, -0.2) is 36.3 Å². The predicted molar refractivity (Wildman–Crippen MR) is 158 cm³/mol. The smallest absolute Gasteiger partial charge is 0.338 e. The molecule has 41 heavy (non-hydrogen) atoms. The van der Waals surface area contributed by atoms with Crippen molar-refractivity contribution in [2.45, 2.75) is 84.2 Å². The van der Waals surface area contributed by atoms with E-state index in [0.717, 1.165) is 72.3 Å². The van der Waals surface area contributed by atoms with Gasteiger partial charge in [0, 0.05) is 30.1 Å². The standard InChI is InChI=1S/C32H36N4O4S/c1-4-23-17-22(9-10-27(23)39-31-33-13-14-41-31)11-12-32(24-7-5-6-8-24)19-26(37)25(30(38)40-32)18-28-34-29-16-20(2)15-21(3)36(29)35-28/h9-10,13-17,24,37H,4-8,11-12,18-19H2,1-3H3. The van der Waals surface area contributed by atoms with Crippen molar-refractivity contribution in [1.29, 1.82) is 0 Å². The maximum atomic E-state index is 13.5. The Labute approximate surface area is 244 Å². The first-order valence-corrected chi connectivity index (χ1v) is 15.4. The summed E-state index contributed by atoms with van der Waals surface area (Å²) in [6.07, 6.45) is 8.68. The zero-order chi connectivity index (χ0) is 28.6.